The number of rotatable bonds is 4. The topological polar surface area (TPSA) is 39.4 Å². The highest BCUT2D eigenvalue weighted by atomic mass is 16.5. The van der Waals surface area contributed by atoms with Crippen molar-refractivity contribution >= 4 is 5.78 Å². The highest BCUT2D eigenvalue weighted by molar-refractivity contribution is 6.09. The molecule has 0 amide bonds. The molecule has 2 rings (SSSR count). The first-order valence-electron chi connectivity index (χ1n) is 6.36. The molecular formula is C16H18O3. The number of benzene rings is 1. The zero-order valence-corrected chi connectivity index (χ0v) is 11.7. The van der Waals surface area contributed by atoms with Crippen molar-refractivity contribution in [3.8, 4) is 5.75 Å². The van der Waals surface area contributed by atoms with Crippen LogP contribution in [0.25, 0.3) is 0 Å². The molecule has 2 aromatic rings. The van der Waals surface area contributed by atoms with E-state index < -0.39 is 0 Å². The number of ether oxygens (including phenoxy) is 1. The number of hydrogen-bond acceptors (Lipinski definition) is 3. The van der Waals surface area contributed by atoms with E-state index in [-0.39, 0.29) is 11.9 Å². The van der Waals surface area contributed by atoms with Crippen molar-refractivity contribution in [3.63, 3.8) is 0 Å². The second-order valence-corrected chi connectivity index (χ2v) is 4.85. The van der Waals surface area contributed by atoms with Crippen molar-refractivity contribution in [2.75, 3.05) is 0 Å². The van der Waals surface area contributed by atoms with Crippen LogP contribution in [0.5, 0.6) is 5.75 Å². The molecule has 0 fully saturated rings. The van der Waals surface area contributed by atoms with Crippen LogP contribution < -0.4 is 4.74 Å². The molecule has 3 heteroatoms. The van der Waals surface area contributed by atoms with Crippen LogP contribution in [0.1, 0.15) is 41.3 Å². The minimum atomic E-state index is -0.0384. The molecule has 100 valence electrons. The lowest BCUT2D eigenvalue weighted by Gasteiger charge is -2.10. The van der Waals surface area contributed by atoms with Crippen molar-refractivity contribution in [1.29, 1.82) is 0 Å². The molecule has 19 heavy (non-hydrogen) atoms. The van der Waals surface area contributed by atoms with Crippen LogP contribution in [0.4, 0.5) is 0 Å². The molecule has 0 N–H and O–H groups in total. The summed E-state index contributed by atoms with van der Waals surface area (Å²) in [5.74, 6) is 2.07. The molecule has 0 saturated carbocycles. The van der Waals surface area contributed by atoms with Crippen LogP contribution in [0.15, 0.2) is 34.7 Å². The van der Waals surface area contributed by atoms with E-state index in [1.165, 1.54) is 0 Å². The molecule has 0 radical (unpaired) electrons. The summed E-state index contributed by atoms with van der Waals surface area (Å²) in [5, 5.41) is 0. The van der Waals surface area contributed by atoms with Crippen LogP contribution in [-0.2, 0) is 0 Å². The van der Waals surface area contributed by atoms with Gasteiger partial charge in [-0.3, -0.25) is 4.79 Å². The molecule has 0 aliphatic rings. The molecule has 1 heterocycles. The van der Waals surface area contributed by atoms with Crippen molar-refractivity contribution in [2.24, 2.45) is 0 Å². The Morgan fingerprint density at radius 3 is 2.53 bits per heavy atom. The maximum Gasteiger partial charge on any atom is 0.196 e. The molecule has 0 aliphatic carbocycles. The second kappa shape index (κ2) is 5.31. The standard InChI is InChI=1S/C16H18O3/c1-10(2)18-14-7-5-6-13(9-14)16(17)15-8-11(3)19-12(15)4/h5-10H,1-4H3. The zero-order valence-electron chi connectivity index (χ0n) is 11.7. The molecule has 0 saturated heterocycles. The van der Waals surface area contributed by atoms with Gasteiger partial charge in [-0.15, -0.1) is 0 Å². The molecule has 1 aromatic carbocycles. The van der Waals surface area contributed by atoms with Crippen molar-refractivity contribution in [1.82, 2.24) is 0 Å². The van der Waals surface area contributed by atoms with Gasteiger partial charge in [-0.1, -0.05) is 12.1 Å². The first-order chi connectivity index (χ1) is 8.97. The Morgan fingerprint density at radius 2 is 1.95 bits per heavy atom. The third-order valence-corrected chi connectivity index (χ3v) is 2.75. The summed E-state index contributed by atoms with van der Waals surface area (Å²) in [6.07, 6.45) is 0.0863. The highest BCUT2D eigenvalue weighted by Gasteiger charge is 2.16. The predicted molar refractivity (Wildman–Crippen MR) is 73.8 cm³/mol. The summed E-state index contributed by atoms with van der Waals surface area (Å²) in [4.78, 5) is 12.4. The van der Waals surface area contributed by atoms with Crippen LogP contribution in [0.3, 0.4) is 0 Å². The Balaban J connectivity index is 2.31. The first kappa shape index (κ1) is 13.4. The summed E-state index contributed by atoms with van der Waals surface area (Å²) in [6.45, 7) is 7.55. The van der Waals surface area contributed by atoms with Crippen LogP contribution >= 0.6 is 0 Å². The molecule has 0 aliphatic heterocycles. The van der Waals surface area contributed by atoms with Gasteiger partial charge in [0, 0.05) is 5.56 Å². The fourth-order valence-corrected chi connectivity index (χ4v) is 1.99. The van der Waals surface area contributed by atoms with Gasteiger partial charge in [0.25, 0.3) is 0 Å². The third-order valence-electron chi connectivity index (χ3n) is 2.75. The Labute approximate surface area is 113 Å². The molecule has 0 spiro atoms. The summed E-state index contributed by atoms with van der Waals surface area (Å²) in [6, 6.07) is 9.01. The highest BCUT2D eigenvalue weighted by Crippen LogP contribution is 2.21. The van der Waals surface area contributed by atoms with E-state index in [1.54, 1.807) is 25.1 Å². The molecule has 0 atom stereocenters. The summed E-state index contributed by atoms with van der Waals surface area (Å²) < 4.78 is 11.0. The average molecular weight is 258 g/mol. The molecule has 0 unspecified atom stereocenters. The predicted octanol–water partition coefficient (Wildman–Crippen LogP) is 3.91. The van der Waals surface area contributed by atoms with Gasteiger partial charge in [0.1, 0.15) is 17.3 Å². The fraction of sp³-hybridized carbons (Fsp3) is 0.312. The Bertz CT molecular complexity index is 594. The second-order valence-electron chi connectivity index (χ2n) is 4.85. The van der Waals surface area contributed by atoms with Crippen molar-refractivity contribution < 1.29 is 13.9 Å². The lowest BCUT2D eigenvalue weighted by molar-refractivity contribution is 0.103. The molecule has 0 bridgehead atoms. The van der Waals surface area contributed by atoms with E-state index in [1.807, 2.05) is 32.9 Å². The van der Waals surface area contributed by atoms with Crippen molar-refractivity contribution in [2.45, 2.75) is 33.8 Å². The van der Waals surface area contributed by atoms with E-state index >= 15 is 0 Å². The largest absolute Gasteiger partial charge is 0.491 e. The monoisotopic (exact) mass is 258 g/mol. The van der Waals surface area contributed by atoms with Gasteiger partial charge in [-0.05, 0) is 45.9 Å². The lowest BCUT2D eigenvalue weighted by Crippen LogP contribution is -2.07. The van der Waals surface area contributed by atoms with Crippen LogP contribution in [0, 0.1) is 13.8 Å². The molecular weight excluding hydrogens is 240 g/mol. The maximum atomic E-state index is 12.4. The smallest absolute Gasteiger partial charge is 0.196 e. The number of hydrogen-bond donors (Lipinski definition) is 0. The molecule has 1 aromatic heterocycles. The van der Waals surface area contributed by atoms with E-state index in [0.29, 0.717) is 22.6 Å². The Kier molecular flexibility index (Phi) is 3.74. The van der Waals surface area contributed by atoms with Gasteiger partial charge in [0.15, 0.2) is 5.78 Å². The SMILES string of the molecule is Cc1cc(C(=O)c2cccc(OC(C)C)c2)c(C)o1. The first-order valence-corrected chi connectivity index (χ1v) is 6.36. The quantitative estimate of drug-likeness (QED) is 0.780. The van der Waals surface area contributed by atoms with E-state index in [2.05, 4.69) is 0 Å². The van der Waals surface area contributed by atoms with E-state index in [9.17, 15) is 4.79 Å². The van der Waals surface area contributed by atoms with Gasteiger partial charge < -0.3 is 9.15 Å². The third kappa shape index (κ3) is 3.05. The Hall–Kier alpha value is -2.03. The average Bonchev–Trinajstić information content (AvgIpc) is 2.67. The number of ketones is 1. The maximum absolute atomic E-state index is 12.4. The van der Waals surface area contributed by atoms with Gasteiger partial charge in [-0.25, -0.2) is 0 Å². The number of carbonyl (C=O) groups excluding carboxylic acids is 1. The summed E-state index contributed by atoms with van der Waals surface area (Å²) in [5.41, 5.74) is 1.22. The minimum absolute atomic E-state index is 0.0384. The normalized spacial score (nSPS) is 10.8. The van der Waals surface area contributed by atoms with E-state index in [4.69, 9.17) is 9.15 Å². The molecule has 3 nitrogen and oxygen atoms in total. The van der Waals surface area contributed by atoms with Crippen molar-refractivity contribution in [3.05, 3.63) is 53.0 Å². The number of aryl methyl sites for hydroxylation is 2. The zero-order chi connectivity index (χ0) is 14.0. The number of furan rings is 1. The van der Waals surface area contributed by atoms with E-state index in [0.717, 1.165) is 5.76 Å². The summed E-state index contributed by atoms with van der Waals surface area (Å²) in [7, 11) is 0. The van der Waals surface area contributed by atoms with Gasteiger partial charge >= 0.3 is 0 Å². The number of carbonyl (C=O) groups is 1. The van der Waals surface area contributed by atoms with Crippen LogP contribution in [-0.4, -0.2) is 11.9 Å². The minimum Gasteiger partial charge on any atom is -0.491 e. The Morgan fingerprint density at radius 1 is 1.21 bits per heavy atom. The fourth-order valence-electron chi connectivity index (χ4n) is 1.99. The van der Waals surface area contributed by atoms with Gasteiger partial charge in [0.05, 0.1) is 11.7 Å². The van der Waals surface area contributed by atoms with Crippen LogP contribution in [0.2, 0.25) is 0 Å². The lowest BCUT2D eigenvalue weighted by atomic mass is 10.0. The van der Waals surface area contributed by atoms with Gasteiger partial charge in [-0.2, -0.15) is 0 Å². The summed E-state index contributed by atoms with van der Waals surface area (Å²) >= 11 is 0. The van der Waals surface area contributed by atoms with Gasteiger partial charge in [0.2, 0.25) is 0 Å².